The van der Waals surface area contributed by atoms with Crippen LogP contribution in [0.2, 0.25) is 10.0 Å². The molecule has 20 heavy (non-hydrogen) atoms. The molecule has 0 saturated carbocycles. The van der Waals surface area contributed by atoms with E-state index in [0.717, 1.165) is 11.1 Å². The van der Waals surface area contributed by atoms with Gasteiger partial charge in [-0.3, -0.25) is 0 Å². The third-order valence-electron chi connectivity index (χ3n) is 2.81. The Kier molecular flexibility index (Phi) is 4.80. The van der Waals surface area contributed by atoms with Crippen LogP contribution in [0, 0.1) is 0 Å². The summed E-state index contributed by atoms with van der Waals surface area (Å²) in [6.45, 7) is 0. The minimum absolute atomic E-state index is 0.226. The molecule has 2 rings (SSSR count). The van der Waals surface area contributed by atoms with Crippen LogP contribution in [0.5, 0.6) is 0 Å². The first-order chi connectivity index (χ1) is 9.29. The van der Waals surface area contributed by atoms with E-state index < -0.39 is 9.84 Å². The Morgan fingerprint density at radius 1 is 1.10 bits per heavy atom. The van der Waals surface area contributed by atoms with E-state index >= 15 is 0 Å². The number of hydrogen-bond donors (Lipinski definition) is 0. The maximum atomic E-state index is 11.6. The molecule has 0 aliphatic rings. The second-order valence-corrected chi connectivity index (χ2v) is 8.15. The van der Waals surface area contributed by atoms with E-state index in [1.165, 1.54) is 6.26 Å². The lowest BCUT2D eigenvalue weighted by molar-refractivity contribution is 0.602. The molecule has 0 radical (unpaired) electrons. The van der Waals surface area contributed by atoms with Gasteiger partial charge in [0.25, 0.3) is 0 Å². The highest BCUT2D eigenvalue weighted by atomic mass is 79.9. The number of halogens is 3. The fraction of sp³-hybridized carbons (Fsp3) is 0.143. The van der Waals surface area contributed by atoms with Gasteiger partial charge in [-0.15, -0.1) is 0 Å². The Bertz CT molecular complexity index is 745. The number of alkyl halides is 1. The van der Waals surface area contributed by atoms with Crippen molar-refractivity contribution in [2.24, 2.45) is 0 Å². The first-order valence-corrected chi connectivity index (χ1v) is 9.24. The summed E-state index contributed by atoms with van der Waals surface area (Å²) < 4.78 is 23.2. The summed E-state index contributed by atoms with van der Waals surface area (Å²) in [5.74, 6) is 0. The summed E-state index contributed by atoms with van der Waals surface area (Å²) in [6, 6.07) is 11.9. The molecule has 0 aliphatic carbocycles. The van der Waals surface area contributed by atoms with E-state index in [0.29, 0.717) is 10.0 Å². The van der Waals surface area contributed by atoms with Crippen LogP contribution in [0.1, 0.15) is 16.0 Å². The monoisotopic (exact) mass is 392 g/mol. The minimum atomic E-state index is -3.24. The molecule has 2 nitrogen and oxygen atoms in total. The van der Waals surface area contributed by atoms with Crippen molar-refractivity contribution in [3.63, 3.8) is 0 Å². The van der Waals surface area contributed by atoms with E-state index in [2.05, 4.69) is 15.9 Å². The summed E-state index contributed by atoms with van der Waals surface area (Å²) in [5.41, 5.74) is 1.60. The Morgan fingerprint density at radius 3 is 2.45 bits per heavy atom. The third kappa shape index (κ3) is 3.55. The van der Waals surface area contributed by atoms with Crippen LogP contribution in [0.3, 0.4) is 0 Å². The fourth-order valence-corrected chi connectivity index (χ4v) is 3.67. The molecule has 0 aliphatic heterocycles. The van der Waals surface area contributed by atoms with Gasteiger partial charge in [0.2, 0.25) is 0 Å². The van der Waals surface area contributed by atoms with Gasteiger partial charge in [0.05, 0.1) is 9.72 Å². The van der Waals surface area contributed by atoms with E-state index in [1.807, 2.05) is 6.07 Å². The van der Waals surface area contributed by atoms with Crippen LogP contribution in [0.15, 0.2) is 47.4 Å². The normalized spacial score (nSPS) is 13.2. The van der Waals surface area contributed by atoms with Gasteiger partial charge >= 0.3 is 0 Å². The highest BCUT2D eigenvalue weighted by Crippen LogP contribution is 2.37. The summed E-state index contributed by atoms with van der Waals surface area (Å²) in [7, 11) is -3.24. The number of sulfone groups is 1. The quantitative estimate of drug-likeness (QED) is 0.696. The first kappa shape index (κ1) is 15.8. The molecule has 0 amide bonds. The smallest absolute Gasteiger partial charge is 0.175 e. The lowest BCUT2D eigenvalue weighted by Crippen LogP contribution is -2.00. The van der Waals surface area contributed by atoms with Crippen molar-refractivity contribution in [3.8, 4) is 0 Å². The zero-order valence-electron chi connectivity index (χ0n) is 10.5. The maximum absolute atomic E-state index is 11.6. The van der Waals surface area contributed by atoms with Crippen LogP contribution in [-0.4, -0.2) is 14.7 Å². The molecule has 0 N–H and O–H groups in total. The van der Waals surface area contributed by atoms with Crippen molar-refractivity contribution in [2.45, 2.75) is 9.72 Å². The average Bonchev–Trinajstić information content (AvgIpc) is 2.40. The minimum Gasteiger partial charge on any atom is -0.224 e. The average molecular weight is 394 g/mol. The molecule has 0 bridgehead atoms. The molecule has 0 fully saturated rings. The topological polar surface area (TPSA) is 34.1 Å². The van der Waals surface area contributed by atoms with Crippen molar-refractivity contribution in [3.05, 3.63) is 63.6 Å². The van der Waals surface area contributed by atoms with Crippen molar-refractivity contribution >= 4 is 49.0 Å². The highest BCUT2D eigenvalue weighted by molar-refractivity contribution is 9.09. The molecule has 0 saturated heterocycles. The summed E-state index contributed by atoms with van der Waals surface area (Å²) in [6.07, 6.45) is 1.18. The number of benzene rings is 2. The van der Waals surface area contributed by atoms with Gasteiger partial charge in [0.1, 0.15) is 0 Å². The summed E-state index contributed by atoms with van der Waals surface area (Å²) >= 11 is 15.7. The van der Waals surface area contributed by atoms with Crippen molar-refractivity contribution in [2.75, 3.05) is 6.26 Å². The predicted molar refractivity (Wildman–Crippen MR) is 86.8 cm³/mol. The van der Waals surface area contributed by atoms with E-state index in [-0.39, 0.29) is 9.72 Å². The summed E-state index contributed by atoms with van der Waals surface area (Å²) in [4.78, 5) is 0.0491. The van der Waals surface area contributed by atoms with Crippen LogP contribution in [0.25, 0.3) is 0 Å². The fourth-order valence-electron chi connectivity index (χ4n) is 1.79. The van der Waals surface area contributed by atoms with Crippen molar-refractivity contribution in [1.29, 1.82) is 0 Å². The molecule has 1 unspecified atom stereocenters. The van der Waals surface area contributed by atoms with Crippen LogP contribution in [0.4, 0.5) is 0 Å². The predicted octanol–water partition coefficient (Wildman–Crippen LogP) is 4.88. The SMILES string of the molecule is CS(=O)(=O)c1cccc(C(Br)c2cc(Cl)ccc2Cl)c1. The molecule has 2 aromatic carbocycles. The molecular formula is C14H11BrCl2O2S. The Hall–Kier alpha value is -0.550. The van der Waals surface area contributed by atoms with Gasteiger partial charge in [-0.25, -0.2) is 8.42 Å². The first-order valence-electron chi connectivity index (χ1n) is 5.68. The Labute approximate surface area is 136 Å². The largest absolute Gasteiger partial charge is 0.224 e. The lowest BCUT2D eigenvalue weighted by atomic mass is 10.0. The molecule has 1 atom stereocenters. The second kappa shape index (κ2) is 6.06. The zero-order valence-corrected chi connectivity index (χ0v) is 14.4. The van der Waals surface area contributed by atoms with Crippen molar-refractivity contribution < 1.29 is 8.42 Å². The lowest BCUT2D eigenvalue weighted by Gasteiger charge is -2.14. The molecule has 2 aromatic rings. The van der Waals surface area contributed by atoms with E-state index in [4.69, 9.17) is 23.2 Å². The Morgan fingerprint density at radius 2 is 1.80 bits per heavy atom. The molecule has 0 heterocycles. The van der Waals surface area contributed by atoms with Gasteiger partial charge in [0.15, 0.2) is 9.84 Å². The van der Waals surface area contributed by atoms with Gasteiger partial charge in [-0.2, -0.15) is 0 Å². The van der Waals surface area contributed by atoms with Gasteiger partial charge in [0, 0.05) is 16.3 Å². The standard InChI is InChI=1S/C14H11BrCl2O2S/c1-20(18,19)11-4-2-3-9(7-11)14(15)12-8-10(16)5-6-13(12)17/h2-8,14H,1H3. The van der Waals surface area contributed by atoms with Crippen molar-refractivity contribution in [1.82, 2.24) is 0 Å². The zero-order chi connectivity index (χ0) is 14.9. The third-order valence-corrected chi connectivity index (χ3v) is 5.52. The number of hydrogen-bond acceptors (Lipinski definition) is 2. The molecule has 106 valence electrons. The van der Waals surface area contributed by atoms with Crippen LogP contribution < -0.4 is 0 Å². The molecular weight excluding hydrogens is 383 g/mol. The summed E-state index contributed by atoms with van der Waals surface area (Å²) in [5, 5.41) is 1.15. The number of rotatable bonds is 3. The second-order valence-electron chi connectivity index (χ2n) is 4.37. The maximum Gasteiger partial charge on any atom is 0.175 e. The highest BCUT2D eigenvalue weighted by Gasteiger charge is 2.16. The van der Waals surface area contributed by atoms with Crippen LogP contribution in [-0.2, 0) is 9.84 Å². The molecule has 6 heteroatoms. The Balaban J connectivity index is 2.48. The molecule has 0 aromatic heterocycles. The molecule has 0 spiro atoms. The van der Waals surface area contributed by atoms with E-state index in [9.17, 15) is 8.42 Å². The van der Waals surface area contributed by atoms with Gasteiger partial charge in [-0.1, -0.05) is 51.3 Å². The van der Waals surface area contributed by atoms with Gasteiger partial charge < -0.3 is 0 Å². The van der Waals surface area contributed by atoms with Gasteiger partial charge in [-0.05, 0) is 41.5 Å². The van der Waals surface area contributed by atoms with Crippen LogP contribution >= 0.6 is 39.1 Å². The van der Waals surface area contributed by atoms with E-state index in [1.54, 1.807) is 36.4 Å².